The summed E-state index contributed by atoms with van der Waals surface area (Å²) in [6, 6.07) is 37.0. The second-order valence-corrected chi connectivity index (χ2v) is 12.3. The van der Waals surface area contributed by atoms with E-state index in [1.807, 2.05) is 72.8 Å². The van der Waals surface area contributed by atoms with Crippen molar-refractivity contribution in [3.63, 3.8) is 0 Å². The van der Waals surface area contributed by atoms with Crippen molar-refractivity contribution in [2.75, 3.05) is 0 Å². The summed E-state index contributed by atoms with van der Waals surface area (Å²) in [6.45, 7) is 3.24. The van der Waals surface area contributed by atoms with Crippen molar-refractivity contribution >= 4 is 21.8 Å². The van der Waals surface area contributed by atoms with Crippen molar-refractivity contribution in [1.29, 1.82) is 0 Å². The lowest BCUT2D eigenvalue weighted by Crippen LogP contribution is -1.97. The molecule has 7 rings (SSSR count). The summed E-state index contributed by atoms with van der Waals surface area (Å²) < 4.78 is 2.46. The van der Waals surface area contributed by atoms with Crippen LogP contribution in [-0.2, 0) is 6.54 Å². The first kappa shape index (κ1) is 32.8. The fourth-order valence-corrected chi connectivity index (χ4v) is 5.92. The van der Waals surface area contributed by atoms with E-state index in [4.69, 9.17) is 0 Å². The molecule has 0 aliphatic carbocycles. The Morgan fingerprint density at radius 3 is 1.10 bits per heavy atom. The molecular formula is C48H35N3. The molecule has 0 amide bonds. The van der Waals surface area contributed by atoms with Crippen molar-refractivity contribution in [2.24, 2.45) is 0 Å². The number of fused-ring (bicyclic) bond motifs is 3. The maximum absolute atomic E-state index is 4.05. The summed E-state index contributed by atoms with van der Waals surface area (Å²) >= 11 is 0. The van der Waals surface area contributed by atoms with Crippen molar-refractivity contribution in [1.82, 2.24) is 14.5 Å². The molecule has 0 aliphatic heterocycles. The number of rotatable bonds is 5. The van der Waals surface area contributed by atoms with Gasteiger partial charge in [0, 0.05) is 97.6 Å². The van der Waals surface area contributed by atoms with Gasteiger partial charge in [-0.3, -0.25) is 9.97 Å². The van der Waals surface area contributed by atoms with Gasteiger partial charge in [0.05, 0.1) is 0 Å². The third-order valence-corrected chi connectivity index (χ3v) is 8.64. The van der Waals surface area contributed by atoms with Crippen molar-refractivity contribution in [3.8, 4) is 47.4 Å². The summed E-state index contributed by atoms with van der Waals surface area (Å²) in [4.78, 5) is 8.10. The number of unbranched alkanes of at least 4 members (excludes halogenated alkanes) is 3. The molecule has 3 heterocycles. The lowest BCUT2D eigenvalue weighted by Gasteiger charge is -2.07. The van der Waals surface area contributed by atoms with Crippen LogP contribution in [0, 0.1) is 47.4 Å². The van der Waals surface area contributed by atoms with E-state index in [0.29, 0.717) is 0 Å². The van der Waals surface area contributed by atoms with E-state index >= 15 is 0 Å². The molecule has 0 bridgehead atoms. The Bertz CT molecular complexity index is 2370. The maximum atomic E-state index is 4.05. The van der Waals surface area contributed by atoms with Crippen molar-refractivity contribution < 1.29 is 0 Å². The van der Waals surface area contributed by atoms with Crippen molar-refractivity contribution in [3.05, 3.63) is 178 Å². The zero-order chi connectivity index (χ0) is 34.7. The standard InChI is InChI=1S/C48H35N3/c1-2-3-4-5-34-51-47-24-22-43(20-18-39-10-6-37(7-11-39)14-16-41-26-30-49-31-27-41)35-45(47)46-36-44(23-25-48(46)51)21-19-40-12-8-38(9-13-40)15-17-42-28-32-50-33-29-42/h6-13,22-33,35-36H,2-5,34H2,1H3. The molecule has 4 aromatic carbocycles. The molecule has 3 nitrogen and oxygen atoms in total. The van der Waals surface area contributed by atoms with Crippen LogP contribution in [0.15, 0.2) is 134 Å². The molecule has 0 fully saturated rings. The Labute approximate surface area is 300 Å². The van der Waals surface area contributed by atoms with E-state index in [1.54, 1.807) is 24.8 Å². The fraction of sp³-hybridized carbons (Fsp3) is 0.125. The lowest BCUT2D eigenvalue weighted by molar-refractivity contribution is 0.602. The molecule has 0 saturated carbocycles. The second-order valence-electron chi connectivity index (χ2n) is 12.3. The minimum atomic E-state index is 0.944. The lowest BCUT2D eigenvalue weighted by atomic mass is 10.1. The van der Waals surface area contributed by atoms with Crippen LogP contribution in [0.25, 0.3) is 21.8 Å². The van der Waals surface area contributed by atoms with E-state index in [2.05, 4.69) is 105 Å². The van der Waals surface area contributed by atoms with Gasteiger partial charge in [-0.1, -0.05) is 73.5 Å². The summed E-state index contributed by atoms with van der Waals surface area (Å²) in [5.41, 5.74) is 10.1. The largest absolute Gasteiger partial charge is 0.340 e. The number of nitrogens with zero attached hydrogens (tertiary/aromatic N) is 3. The topological polar surface area (TPSA) is 30.7 Å². The van der Waals surface area contributed by atoms with Gasteiger partial charge in [-0.05, 0) is 116 Å². The smallest absolute Gasteiger partial charge is 0.0492 e. The highest BCUT2D eigenvalue weighted by atomic mass is 15.0. The van der Waals surface area contributed by atoms with Gasteiger partial charge in [0.1, 0.15) is 0 Å². The number of aryl methyl sites for hydroxylation is 1. The summed E-state index contributed by atoms with van der Waals surface area (Å²) in [5.74, 6) is 26.3. The van der Waals surface area contributed by atoms with Gasteiger partial charge in [-0.15, -0.1) is 0 Å². The summed E-state index contributed by atoms with van der Waals surface area (Å²) in [7, 11) is 0. The Morgan fingerprint density at radius 1 is 0.392 bits per heavy atom. The Hall–Kier alpha value is -6.78. The van der Waals surface area contributed by atoms with Crippen molar-refractivity contribution in [2.45, 2.75) is 39.2 Å². The van der Waals surface area contributed by atoms with E-state index in [0.717, 1.165) is 57.5 Å². The highest BCUT2D eigenvalue weighted by Gasteiger charge is 2.11. The fourth-order valence-electron chi connectivity index (χ4n) is 5.92. The predicted octanol–water partition coefficient (Wildman–Crippen LogP) is 9.76. The molecule has 0 atom stereocenters. The molecular weight excluding hydrogens is 619 g/mol. The Balaban J connectivity index is 1.15. The van der Waals surface area contributed by atoms with Gasteiger partial charge >= 0.3 is 0 Å². The Morgan fingerprint density at radius 2 is 0.725 bits per heavy atom. The molecule has 51 heavy (non-hydrogen) atoms. The van der Waals surface area contributed by atoms with E-state index < -0.39 is 0 Å². The summed E-state index contributed by atoms with van der Waals surface area (Å²) in [6.07, 6.45) is 11.9. The molecule has 0 saturated heterocycles. The molecule has 0 spiro atoms. The van der Waals surface area contributed by atoms with Crippen LogP contribution in [0.2, 0.25) is 0 Å². The Kier molecular flexibility index (Phi) is 10.3. The maximum Gasteiger partial charge on any atom is 0.0492 e. The zero-order valence-electron chi connectivity index (χ0n) is 28.6. The van der Waals surface area contributed by atoms with Crippen LogP contribution in [0.1, 0.15) is 77.1 Å². The first-order valence-electron chi connectivity index (χ1n) is 17.4. The number of benzene rings is 4. The molecule has 242 valence electrons. The SMILES string of the molecule is CCCCCCn1c2ccc(C#Cc3ccc(C#Cc4ccncc4)cc3)cc2c2cc(C#Cc3ccc(C#Cc4ccncc4)cc3)ccc21. The zero-order valence-corrected chi connectivity index (χ0v) is 28.6. The van der Waals surface area contributed by atoms with Gasteiger partial charge in [0.2, 0.25) is 0 Å². The van der Waals surface area contributed by atoms with E-state index in [9.17, 15) is 0 Å². The highest BCUT2D eigenvalue weighted by molar-refractivity contribution is 6.09. The number of hydrogen-bond acceptors (Lipinski definition) is 2. The van der Waals surface area contributed by atoms with Gasteiger partial charge in [0.15, 0.2) is 0 Å². The minimum absolute atomic E-state index is 0.944. The normalized spacial score (nSPS) is 10.2. The van der Waals surface area contributed by atoms with Crippen LogP contribution in [0.4, 0.5) is 0 Å². The minimum Gasteiger partial charge on any atom is -0.340 e. The van der Waals surface area contributed by atoms with Crippen LogP contribution >= 0.6 is 0 Å². The molecule has 7 aromatic rings. The molecule has 0 N–H and O–H groups in total. The van der Waals surface area contributed by atoms with Gasteiger partial charge < -0.3 is 4.57 Å². The molecule has 3 heteroatoms. The third kappa shape index (κ3) is 8.45. The van der Waals surface area contributed by atoms with Gasteiger partial charge in [0.25, 0.3) is 0 Å². The number of aromatic nitrogens is 3. The van der Waals surface area contributed by atoms with Gasteiger partial charge in [-0.25, -0.2) is 0 Å². The molecule has 3 aromatic heterocycles. The first-order valence-corrected chi connectivity index (χ1v) is 17.4. The van der Waals surface area contributed by atoms with Crippen LogP contribution in [-0.4, -0.2) is 14.5 Å². The average Bonchev–Trinajstić information content (AvgIpc) is 3.49. The average molecular weight is 654 g/mol. The predicted molar refractivity (Wildman–Crippen MR) is 209 cm³/mol. The summed E-state index contributed by atoms with van der Waals surface area (Å²) in [5, 5.41) is 2.41. The van der Waals surface area contributed by atoms with Crippen LogP contribution < -0.4 is 0 Å². The van der Waals surface area contributed by atoms with E-state index in [1.165, 1.54) is 41.1 Å². The van der Waals surface area contributed by atoms with Gasteiger partial charge in [-0.2, -0.15) is 0 Å². The van der Waals surface area contributed by atoms with Crippen LogP contribution in [0.5, 0.6) is 0 Å². The quantitative estimate of drug-likeness (QED) is 0.137. The third-order valence-electron chi connectivity index (χ3n) is 8.64. The molecule has 0 radical (unpaired) electrons. The first-order chi connectivity index (χ1) is 25.2. The number of pyridine rings is 2. The molecule has 0 aliphatic rings. The van der Waals surface area contributed by atoms with E-state index in [-0.39, 0.29) is 0 Å². The monoisotopic (exact) mass is 653 g/mol. The molecule has 0 unspecified atom stereocenters. The second kappa shape index (κ2) is 16.1. The highest BCUT2D eigenvalue weighted by Crippen LogP contribution is 2.31. The number of hydrogen-bond donors (Lipinski definition) is 0. The van der Waals surface area contributed by atoms with Crippen LogP contribution in [0.3, 0.4) is 0 Å².